The maximum Gasteiger partial charge on any atom is 0.0594 e. The summed E-state index contributed by atoms with van der Waals surface area (Å²) in [4.78, 5) is 5.12. The lowest BCUT2D eigenvalue weighted by Gasteiger charge is -2.52. The molecule has 0 N–H and O–H groups in total. The third kappa shape index (κ3) is 2.10. The van der Waals surface area contributed by atoms with E-state index in [0.717, 1.165) is 32.3 Å². The topological polar surface area (TPSA) is 15.7 Å². The standard InChI is InChI=1S/C11H22N2O/c1-11(2,3)13-8-10(9-13)12-4-6-14-7-5-12/h10H,4-9H2,1-3H3. The zero-order valence-electron chi connectivity index (χ0n) is 9.62. The van der Waals surface area contributed by atoms with Gasteiger partial charge in [0.25, 0.3) is 0 Å². The van der Waals surface area contributed by atoms with Gasteiger partial charge in [0.05, 0.1) is 13.2 Å². The number of hydrogen-bond acceptors (Lipinski definition) is 3. The van der Waals surface area contributed by atoms with Crippen LogP contribution >= 0.6 is 0 Å². The number of ether oxygens (including phenoxy) is 1. The van der Waals surface area contributed by atoms with Crippen LogP contribution in [0.4, 0.5) is 0 Å². The van der Waals surface area contributed by atoms with E-state index in [0.29, 0.717) is 5.54 Å². The molecule has 0 amide bonds. The molecule has 0 aromatic heterocycles. The van der Waals surface area contributed by atoms with Crippen LogP contribution in [0.1, 0.15) is 20.8 Å². The molecule has 0 unspecified atom stereocenters. The van der Waals surface area contributed by atoms with Crippen molar-refractivity contribution in [3.8, 4) is 0 Å². The Bertz CT molecular complexity index is 188. The maximum absolute atomic E-state index is 5.36. The van der Waals surface area contributed by atoms with Crippen molar-refractivity contribution < 1.29 is 4.74 Å². The Morgan fingerprint density at radius 3 is 2.14 bits per heavy atom. The van der Waals surface area contributed by atoms with Gasteiger partial charge in [-0.15, -0.1) is 0 Å². The molecule has 14 heavy (non-hydrogen) atoms. The van der Waals surface area contributed by atoms with Gasteiger partial charge in [-0.2, -0.15) is 0 Å². The Labute approximate surface area is 87.0 Å². The van der Waals surface area contributed by atoms with Crippen LogP contribution in [0.25, 0.3) is 0 Å². The second kappa shape index (κ2) is 3.80. The van der Waals surface area contributed by atoms with Gasteiger partial charge >= 0.3 is 0 Å². The van der Waals surface area contributed by atoms with Gasteiger partial charge in [0.1, 0.15) is 0 Å². The Hall–Kier alpha value is -0.120. The SMILES string of the molecule is CC(C)(C)N1CC(N2CCOCC2)C1. The fourth-order valence-corrected chi connectivity index (χ4v) is 2.18. The van der Waals surface area contributed by atoms with Crippen molar-refractivity contribution in [2.24, 2.45) is 0 Å². The molecule has 3 heteroatoms. The smallest absolute Gasteiger partial charge is 0.0594 e. The molecule has 0 bridgehead atoms. The Balaban J connectivity index is 1.76. The summed E-state index contributed by atoms with van der Waals surface area (Å²) in [6, 6.07) is 0.790. The molecule has 2 fully saturated rings. The highest BCUT2D eigenvalue weighted by atomic mass is 16.5. The van der Waals surface area contributed by atoms with Crippen molar-refractivity contribution in [2.45, 2.75) is 32.4 Å². The molecule has 82 valence electrons. The van der Waals surface area contributed by atoms with Crippen molar-refractivity contribution in [3.05, 3.63) is 0 Å². The minimum absolute atomic E-state index is 0.350. The first kappa shape index (κ1) is 10.4. The number of nitrogens with zero attached hydrogens (tertiary/aromatic N) is 2. The second-order valence-electron chi connectivity index (χ2n) is 5.38. The normalized spacial score (nSPS) is 27.6. The van der Waals surface area contributed by atoms with E-state index in [-0.39, 0.29) is 0 Å². The van der Waals surface area contributed by atoms with Gasteiger partial charge in [0.15, 0.2) is 0 Å². The molecule has 2 heterocycles. The van der Waals surface area contributed by atoms with Crippen molar-refractivity contribution in [1.82, 2.24) is 9.80 Å². The molecule has 0 aromatic carbocycles. The molecule has 2 saturated heterocycles. The van der Waals surface area contributed by atoms with Gasteiger partial charge in [-0.05, 0) is 20.8 Å². The number of rotatable bonds is 1. The summed E-state index contributed by atoms with van der Waals surface area (Å²) >= 11 is 0. The summed E-state index contributed by atoms with van der Waals surface area (Å²) in [6.07, 6.45) is 0. The number of morpholine rings is 1. The van der Waals surface area contributed by atoms with E-state index >= 15 is 0 Å². The predicted octanol–water partition coefficient (Wildman–Crippen LogP) is 0.801. The number of likely N-dealkylation sites (tertiary alicyclic amines) is 1. The van der Waals surface area contributed by atoms with Gasteiger partial charge < -0.3 is 4.74 Å². The van der Waals surface area contributed by atoms with E-state index in [2.05, 4.69) is 30.6 Å². The molecular weight excluding hydrogens is 176 g/mol. The molecule has 0 aromatic rings. The van der Waals surface area contributed by atoms with Gasteiger partial charge in [-0.1, -0.05) is 0 Å². The van der Waals surface area contributed by atoms with E-state index in [1.165, 1.54) is 13.1 Å². The quantitative estimate of drug-likeness (QED) is 0.620. The highest BCUT2D eigenvalue weighted by molar-refractivity contribution is 4.94. The van der Waals surface area contributed by atoms with Crippen LogP contribution in [-0.4, -0.2) is 60.8 Å². The van der Waals surface area contributed by atoms with Crippen LogP contribution in [0.2, 0.25) is 0 Å². The fourth-order valence-electron chi connectivity index (χ4n) is 2.18. The molecule has 0 spiro atoms. The molecule has 2 aliphatic rings. The first-order chi connectivity index (χ1) is 6.57. The summed E-state index contributed by atoms with van der Waals surface area (Å²) in [6.45, 7) is 13.5. The Morgan fingerprint density at radius 2 is 1.64 bits per heavy atom. The molecular formula is C11H22N2O. The van der Waals surface area contributed by atoms with E-state index in [4.69, 9.17) is 4.74 Å². The van der Waals surface area contributed by atoms with Gasteiger partial charge in [0, 0.05) is 37.8 Å². The third-order valence-corrected chi connectivity index (χ3v) is 3.37. The van der Waals surface area contributed by atoms with E-state index in [1.807, 2.05) is 0 Å². The molecule has 0 aliphatic carbocycles. The summed E-state index contributed by atoms with van der Waals surface area (Å²) in [5.41, 5.74) is 0.350. The summed E-state index contributed by atoms with van der Waals surface area (Å²) in [5.74, 6) is 0. The molecule has 2 aliphatic heterocycles. The maximum atomic E-state index is 5.36. The van der Waals surface area contributed by atoms with Crippen molar-refractivity contribution in [3.63, 3.8) is 0 Å². The van der Waals surface area contributed by atoms with E-state index in [1.54, 1.807) is 0 Å². The van der Waals surface area contributed by atoms with Crippen LogP contribution in [0, 0.1) is 0 Å². The first-order valence-corrected chi connectivity index (χ1v) is 5.64. The van der Waals surface area contributed by atoms with Crippen LogP contribution < -0.4 is 0 Å². The van der Waals surface area contributed by atoms with Crippen molar-refractivity contribution in [2.75, 3.05) is 39.4 Å². The average Bonchev–Trinajstić information content (AvgIpc) is 2.00. The van der Waals surface area contributed by atoms with Crippen LogP contribution in [0.3, 0.4) is 0 Å². The minimum Gasteiger partial charge on any atom is -0.379 e. The zero-order chi connectivity index (χ0) is 10.2. The lowest BCUT2D eigenvalue weighted by molar-refractivity contribution is -0.0594. The molecule has 0 saturated carbocycles. The largest absolute Gasteiger partial charge is 0.379 e. The van der Waals surface area contributed by atoms with Gasteiger partial charge in [-0.25, -0.2) is 0 Å². The molecule has 2 rings (SSSR count). The van der Waals surface area contributed by atoms with Gasteiger partial charge in [0.2, 0.25) is 0 Å². The van der Waals surface area contributed by atoms with Crippen molar-refractivity contribution >= 4 is 0 Å². The Kier molecular flexibility index (Phi) is 2.82. The Morgan fingerprint density at radius 1 is 1.07 bits per heavy atom. The summed E-state index contributed by atoms with van der Waals surface area (Å²) in [5, 5.41) is 0. The van der Waals surface area contributed by atoms with E-state index in [9.17, 15) is 0 Å². The van der Waals surface area contributed by atoms with Gasteiger partial charge in [-0.3, -0.25) is 9.80 Å². The monoisotopic (exact) mass is 198 g/mol. The highest BCUT2D eigenvalue weighted by Crippen LogP contribution is 2.24. The van der Waals surface area contributed by atoms with Crippen molar-refractivity contribution in [1.29, 1.82) is 0 Å². The van der Waals surface area contributed by atoms with Crippen LogP contribution in [0.5, 0.6) is 0 Å². The second-order valence-corrected chi connectivity index (χ2v) is 5.38. The lowest BCUT2D eigenvalue weighted by atomic mass is 9.96. The first-order valence-electron chi connectivity index (χ1n) is 5.64. The van der Waals surface area contributed by atoms with Crippen LogP contribution in [-0.2, 0) is 4.74 Å². The zero-order valence-corrected chi connectivity index (χ0v) is 9.62. The third-order valence-electron chi connectivity index (χ3n) is 3.37. The minimum atomic E-state index is 0.350. The lowest BCUT2D eigenvalue weighted by Crippen LogP contribution is -2.65. The molecule has 3 nitrogen and oxygen atoms in total. The van der Waals surface area contributed by atoms with E-state index < -0.39 is 0 Å². The average molecular weight is 198 g/mol. The molecule has 0 radical (unpaired) electrons. The predicted molar refractivity (Wildman–Crippen MR) is 57.5 cm³/mol. The molecule has 0 atom stereocenters. The summed E-state index contributed by atoms with van der Waals surface area (Å²) in [7, 11) is 0. The highest BCUT2D eigenvalue weighted by Gasteiger charge is 2.37. The number of hydrogen-bond donors (Lipinski definition) is 0. The fraction of sp³-hybridized carbons (Fsp3) is 1.00. The van der Waals surface area contributed by atoms with Crippen LogP contribution in [0.15, 0.2) is 0 Å². The summed E-state index contributed by atoms with van der Waals surface area (Å²) < 4.78 is 5.36.